The highest BCUT2D eigenvalue weighted by Gasteiger charge is 2.28. The molecule has 0 saturated carbocycles. The van der Waals surface area contributed by atoms with E-state index in [0.717, 1.165) is 31.4 Å². The van der Waals surface area contributed by atoms with Crippen LogP contribution in [0.4, 0.5) is 14.5 Å². The molecule has 1 heterocycles. The lowest BCUT2D eigenvalue weighted by Crippen LogP contribution is -2.35. The lowest BCUT2D eigenvalue weighted by atomic mass is 10.1. The van der Waals surface area contributed by atoms with Crippen molar-refractivity contribution in [2.75, 3.05) is 18.9 Å². The van der Waals surface area contributed by atoms with Crippen LogP contribution in [-0.4, -0.2) is 30.4 Å². The van der Waals surface area contributed by atoms with Gasteiger partial charge < -0.3 is 10.2 Å². The lowest BCUT2D eigenvalue weighted by Gasteiger charge is -2.24. The molecule has 1 aromatic carbocycles. The SMILES string of the molecule is CCC1CCCN1C(=O)c1cc(F)c(NC)c(F)c1. The Morgan fingerprint density at radius 2 is 2.05 bits per heavy atom. The predicted molar refractivity (Wildman–Crippen MR) is 70.3 cm³/mol. The van der Waals surface area contributed by atoms with Gasteiger partial charge in [-0.3, -0.25) is 4.79 Å². The van der Waals surface area contributed by atoms with E-state index in [1.807, 2.05) is 6.92 Å². The Morgan fingerprint density at radius 1 is 1.42 bits per heavy atom. The third-order valence-corrected chi connectivity index (χ3v) is 3.65. The maximum Gasteiger partial charge on any atom is 0.254 e. The molecule has 1 aliphatic heterocycles. The van der Waals surface area contributed by atoms with Gasteiger partial charge >= 0.3 is 0 Å². The van der Waals surface area contributed by atoms with Crippen molar-refractivity contribution in [3.8, 4) is 0 Å². The number of amides is 1. The number of benzene rings is 1. The van der Waals surface area contributed by atoms with E-state index in [9.17, 15) is 13.6 Å². The molecule has 0 spiro atoms. The van der Waals surface area contributed by atoms with E-state index in [1.165, 1.54) is 7.05 Å². The number of hydrogen-bond donors (Lipinski definition) is 1. The zero-order chi connectivity index (χ0) is 14.0. The first kappa shape index (κ1) is 13.8. The first-order valence-corrected chi connectivity index (χ1v) is 6.56. The zero-order valence-corrected chi connectivity index (χ0v) is 11.2. The Bertz CT molecular complexity index is 467. The summed E-state index contributed by atoms with van der Waals surface area (Å²) in [6, 6.07) is 2.38. The summed E-state index contributed by atoms with van der Waals surface area (Å²) in [6.07, 6.45) is 2.77. The van der Waals surface area contributed by atoms with Crippen molar-refractivity contribution >= 4 is 11.6 Å². The van der Waals surface area contributed by atoms with Gasteiger partial charge in [-0.15, -0.1) is 0 Å². The lowest BCUT2D eigenvalue weighted by molar-refractivity contribution is 0.0732. The van der Waals surface area contributed by atoms with Crippen LogP contribution in [0.15, 0.2) is 12.1 Å². The highest BCUT2D eigenvalue weighted by molar-refractivity contribution is 5.95. The number of carbonyl (C=O) groups excluding carboxylic acids is 1. The number of likely N-dealkylation sites (tertiary alicyclic amines) is 1. The molecule has 1 amide bonds. The molecule has 1 unspecified atom stereocenters. The first-order chi connectivity index (χ1) is 9.08. The van der Waals surface area contributed by atoms with Crippen LogP contribution >= 0.6 is 0 Å². The predicted octanol–water partition coefficient (Wildman–Crippen LogP) is 3.02. The molecule has 1 N–H and O–H groups in total. The number of halogens is 2. The number of carbonyl (C=O) groups is 1. The molecule has 3 nitrogen and oxygen atoms in total. The molecule has 0 aliphatic carbocycles. The van der Waals surface area contributed by atoms with Crippen LogP contribution in [0.1, 0.15) is 36.5 Å². The van der Waals surface area contributed by atoms with Crippen LogP contribution in [0.5, 0.6) is 0 Å². The second-order valence-corrected chi connectivity index (χ2v) is 4.77. The largest absolute Gasteiger partial charge is 0.383 e. The maximum absolute atomic E-state index is 13.7. The summed E-state index contributed by atoms with van der Waals surface area (Å²) in [4.78, 5) is 14.0. The summed E-state index contributed by atoms with van der Waals surface area (Å²) < 4.78 is 27.3. The average molecular weight is 268 g/mol. The summed E-state index contributed by atoms with van der Waals surface area (Å²) in [7, 11) is 1.44. The van der Waals surface area contributed by atoms with Gasteiger partial charge in [0.15, 0.2) is 0 Å². The second kappa shape index (κ2) is 5.55. The van der Waals surface area contributed by atoms with Crippen molar-refractivity contribution in [3.63, 3.8) is 0 Å². The Balaban J connectivity index is 2.29. The van der Waals surface area contributed by atoms with Gasteiger partial charge in [-0.05, 0) is 31.4 Å². The summed E-state index contributed by atoms with van der Waals surface area (Å²) in [6.45, 7) is 2.68. The van der Waals surface area contributed by atoms with Crippen LogP contribution in [-0.2, 0) is 0 Å². The van der Waals surface area contributed by atoms with Gasteiger partial charge in [0.2, 0.25) is 0 Å². The number of nitrogens with one attached hydrogen (secondary N) is 1. The molecular formula is C14H18F2N2O. The molecular weight excluding hydrogens is 250 g/mol. The van der Waals surface area contributed by atoms with Crippen LogP contribution in [0, 0.1) is 11.6 Å². The topological polar surface area (TPSA) is 32.3 Å². The van der Waals surface area contributed by atoms with Gasteiger partial charge in [0.25, 0.3) is 5.91 Å². The summed E-state index contributed by atoms with van der Waals surface area (Å²) in [5.41, 5.74) is -0.126. The van der Waals surface area contributed by atoms with Crippen LogP contribution in [0.25, 0.3) is 0 Å². The highest BCUT2D eigenvalue weighted by atomic mass is 19.1. The van der Waals surface area contributed by atoms with E-state index in [0.29, 0.717) is 6.54 Å². The molecule has 104 valence electrons. The summed E-state index contributed by atoms with van der Waals surface area (Å²) in [5, 5.41) is 2.44. The van der Waals surface area contributed by atoms with Gasteiger partial charge in [0.05, 0.1) is 0 Å². The summed E-state index contributed by atoms with van der Waals surface area (Å²) >= 11 is 0. The normalized spacial score (nSPS) is 18.7. The van der Waals surface area contributed by atoms with Crippen molar-refractivity contribution in [2.24, 2.45) is 0 Å². The van der Waals surface area contributed by atoms with Gasteiger partial charge in [-0.2, -0.15) is 0 Å². The minimum Gasteiger partial charge on any atom is -0.383 e. The second-order valence-electron chi connectivity index (χ2n) is 4.77. The maximum atomic E-state index is 13.7. The number of hydrogen-bond acceptors (Lipinski definition) is 2. The Hall–Kier alpha value is -1.65. The van der Waals surface area contributed by atoms with E-state index >= 15 is 0 Å². The smallest absolute Gasteiger partial charge is 0.254 e. The monoisotopic (exact) mass is 268 g/mol. The molecule has 1 fully saturated rings. The fourth-order valence-corrected chi connectivity index (χ4v) is 2.63. The third-order valence-electron chi connectivity index (χ3n) is 3.65. The van der Waals surface area contributed by atoms with E-state index in [1.54, 1.807) is 4.90 Å². The minimum atomic E-state index is -0.738. The fourth-order valence-electron chi connectivity index (χ4n) is 2.63. The minimum absolute atomic E-state index is 0.0781. The highest BCUT2D eigenvalue weighted by Crippen LogP contribution is 2.25. The third kappa shape index (κ3) is 2.55. The molecule has 1 aliphatic rings. The van der Waals surface area contributed by atoms with E-state index in [4.69, 9.17) is 0 Å². The molecule has 1 aromatic rings. The quantitative estimate of drug-likeness (QED) is 0.914. The average Bonchev–Trinajstić information content (AvgIpc) is 2.85. The van der Waals surface area contributed by atoms with E-state index < -0.39 is 11.6 Å². The van der Waals surface area contributed by atoms with E-state index in [2.05, 4.69) is 5.32 Å². The molecule has 2 rings (SSSR count). The van der Waals surface area contributed by atoms with Gasteiger partial charge in [-0.1, -0.05) is 6.92 Å². The molecule has 0 bridgehead atoms. The molecule has 5 heteroatoms. The van der Waals surface area contributed by atoms with Crippen LogP contribution < -0.4 is 5.32 Å². The van der Waals surface area contributed by atoms with Gasteiger partial charge in [0.1, 0.15) is 17.3 Å². The van der Waals surface area contributed by atoms with Crippen molar-refractivity contribution in [3.05, 3.63) is 29.3 Å². The molecule has 19 heavy (non-hydrogen) atoms. The number of rotatable bonds is 3. The van der Waals surface area contributed by atoms with Crippen molar-refractivity contribution in [2.45, 2.75) is 32.2 Å². The van der Waals surface area contributed by atoms with E-state index in [-0.39, 0.29) is 23.2 Å². The molecule has 1 atom stereocenters. The standard InChI is InChI=1S/C14H18F2N2O/c1-3-10-5-4-6-18(10)14(19)9-7-11(15)13(17-2)12(16)8-9/h7-8,10,17H,3-6H2,1-2H3. The molecule has 0 aromatic heterocycles. The summed E-state index contributed by atoms with van der Waals surface area (Å²) in [5.74, 6) is -1.76. The first-order valence-electron chi connectivity index (χ1n) is 6.56. The van der Waals surface area contributed by atoms with Crippen molar-refractivity contribution in [1.82, 2.24) is 4.90 Å². The molecule has 0 radical (unpaired) electrons. The van der Waals surface area contributed by atoms with Crippen molar-refractivity contribution < 1.29 is 13.6 Å². The van der Waals surface area contributed by atoms with Crippen molar-refractivity contribution in [1.29, 1.82) is 0 Å². The van der Waals surface area contributed by atoms with Crippen LogP contribution in [0.3, 0.4) is 0 Å². The molecule has 1 saturated heterocycles. The fraction of sp³-hybridized carbons (Fsp3) is 0.500. The Morgan fingerprint density at radius 3 is 2.58 bits per heavy atom. The van der Waals surface area contributed by atoms with Gasteiger partial charge in [0, 0.05) is 25.2 Å². The Kier molecular flexibility index (Phi) is 4.02. The van der Waals surface area contributed by atoms with Gasteiger partial charge in [-0.25, -0.2) is 8.78 Å². The number of anilines is 1. The zero-order valence-electron chi connectivity index (χ0n) is 11.2. The Labute approximate surface area is 111 Å². The number of nitrogens with zero attached hydrogens (tertiary/aromatic N) is 1. The van der Waals surface area contributed by atoms with Crippen LogP contribution in [0.2, 0.25) is 0 Å².